The van der Waals surface area contributed by atoms with Gasteiger partial charge in [0.1, 0.15) is 5.90 Å². The molecule has 0 saturated heterocycles. The van der Waals surface area contributed by atoms with Crippen LogP contribution in [0.25, 0.3) is 4.85 Å². The normalized spacial score (nSPS) is 15.3. The second kappa shape index (κ2) is 10.1. The van der Waals surface area contributed by atoms with Crippen LogP contribution in [-0.2, 0) is 24.8 Å². The summed E-state index contributed by atoms with van der Waals surface area (Å²) < 4.78 is 32.6. The van der Waals surface area contributed by atoms with Gasteiger partial charge in [-0.25, -0.2) is 0 Å². The molecule has 143 valence electrons. The molecule has 0 saturated carbocycles. The molecule has 0 unspecified atom stereocenters. The number of carbonyl (C=O) groups excluding carboxylic acids is 1. The molecule has 2 N–H and O–H groups in total. The minimum absolute atomic E-state index is 0. The summed E-state index contributed by atoms with van der Waals surface area (Å²) in [6.45, 7) is 14.0. The van der Waals surface area contributed by atoms with E-state index in [2.05, 4.69) is 15.9 Å². The molecule has 1 aliphatic heterocycles. The van der Waals surface area contributed by atoms with E-state index in [0.717, 1.165) is 12.5 Å². The topological polar surface area (TPSA) is 67.6 Å². The van der Waals surface area contributed by atoms with Gasteiger partial charge in [-0.15, -0.1) is 12.1 Å². The molecule has 8 heteroatoms. The predicted octanol–water partition coefficient (Wildman–Crippen LogP) is 4.27. The van der Waals surface area contributed by atoms with Gasteiger partial charge in [0.25, 0.3) is 0 Å². The fraction of sp³-hybridized carbons (Fsp3) is 0.389. The van der Waals surface area contributed by atoms with Gasteiger partial charge in [0, 0.05) is 44.7 Å². The monoisotopic (exact) mass is 543 g/mol. The molecule has 0 aromatic heterocycles. The molecule has 26 heavy (non-hydrogen) atoms. The van der Waals surface area contributed by atoms with Gasteiger partial charge in [0.05, 0.1) is 30.9 Å². The minimum atomic E-state index is -0.971. The van der Waals surface area contributed by atoms with Crippen molar-refractivity contribution in [1.29, 1.82) is 0 Å². The number of aliphatic imine (C=N–C) groups is 1. The number of nitrogens with zero attached hydrogens (tertiary/aromatic N) is 2. The first-order chi connectivity index (χ1) is 11.6. The third kappa shape index (κ3) is 7.03. The Bertz CT molecular complexity index is 764. The fourth-order valence-corrected chi connectivity index (χ4v) is 1.95. The molecule has 1 heterocycles. The molecule has 0 aliphatic carbocycles. The van der Waals surface area contributed by atoms with Gasteiger partial charge in [-0.2, -0.15) is 0 Å². The quantitative estimate of drug-likeness (QED) is 0.263. The molecule has 0 bridgehead atoms. The molecule has 0 spiro atoms. The summed E-state index contributed by atoms with van der Waals surface area (Å²) in [7, 11) is 0. The van der Waals surface area contributed by atoms with Crippen molar-refractivity contribution in [2.75, 3.05) is 6.54 Å². The summed E-state index contributed by atoms with van der Waals surface area (Å²) in [5.41, 5.74) is -1.20. The zero-order valence-electron chi connectivity index (χ0n) is 14.9. The number of aliphatic hydroxyl groups is 1. The fourth-order valence-electron chi connectivity index (χ4n) is 1.95. The van der Waals surface area contributed by atoms with E-state index in [1.807, 2.05) is 13.8 Å². The molecule has 1 aromatic rings. The molecule has 2 rings (SSSR count). The maximum atomic E-state index is 13.9. The van der Waals surface area contributed by atoms with Crippen molar-refractivity contribution in [2.24, 2.45) is 4.99 Å². The molecular formula is C18H20F2IrN2O3. The first-order valence-corrected chi connectivity index (χ1v) is 7.48. The molecule has 1 aliphatic rings. The summed E-state index contributed by atoms with van der Waals surface area (Å²) in [5.74, 6) is -1.57. The van der Waals surface area contributed by atoms with Crippen LogP contribution in [0.2, 0.25) is 0 Å². The molecule has 1 aromatic carbocycles. The number of halogens is 2. The Morgan fingerprint density at radius 3 is 2.50 bits per heavy atom. The smallest absolute Gasteiger partial charge is 0.316 e. The number of ketones is 1. The van der Waals surface area contributed by atoms with Crippen LogP contribution in [0.1, 0.15) is 39.7 Å². The van der Waals surface area contributed by atoms with Gasteiger partial charge in [-0.05, 0) is 20.8 Å². The Balaban J connectivity index is 0.000000673. The summed E-state index contributed by atoms with van der Waals surface area (Å²) in [6, 6.07) is 3.37. The van der Waals surface area contributed by atoms with Crippen LogP contribution >= 0.6 is 0 Å². The maximum Gasteiger partial charge on any atom is 0.316 e. The first-order valence-electron chi connectivity index (χ1n) is 7.48. The van der Waals surface area contributed by atoms with Crippen molar-refractivity contribution < 1.29 is 43.5 Å². The summed E-state index contributed by atoms with van der Waals surface area (Å²) >= 11 is 0. The predicted molar refractivity (Wildman–Crippen MR) is 91.6 cm³/mol. The SMILES string of the molecule is CC(=[OH+])/C=C(/C)O.[C-]#[N+]c1c(F)c[c-]c(C2=NCCC(C)(C)O2)c1F.[Ir]. The van der Waals surface area contributed by atoms with Crippen LogP contribution in [0.15, 0.2) is 22.9 Å². The largest absolute Gasteiger partial charge is 0.514 e. The van der Waals surface area contributed by atoms with Crippen molar-refractivity contribution in [3.8, 4) is 0 Å². The standard InChI is InChI=1S/C13H11F2N2O.C5H8O2.Ir/c1-13(2)6-7-17-12(18-13)8-4-5-9(14)11(16-3)10(8)15;1-4(6)3-5(2)7;/h5H,6-7H2,1-2H3;3,6H,1-2H3;/q-1;;/p+1/b;4-3-;. The average molecular weight is 543 g/mol. The third-order valence-electron chi connectivity index (χ3n) is 3.08. The second-order valence-electron chi connectivity index (χ2n) is 6.01. The zero-order valence-corrected chi connectivity index (χ0v) is 17.3. The van der Waals surface area contributed by atoms with Crippen LogP contribution in [0.3, 0.4) is 0 Å². The number of rotatable bonds is 2. The van der Waals surface area contributed by atoms with E-state index >= 15 is 0 Å². The number of hydrogen-bond acceptors (Lipinski definition) is 3. The Morgan fingerprint density at radius 1 is 1.46 bits per heavy atom. The molecule has 1 radical (unpaired) electrons. The summed E-state index contributed by atoms with van der Waals surface area (Å²) in [6.07, 6.45) is 2.00. The Labute approximate surface area is 164 Å². The molecular weight excluding hydrogens is 522 g/mol. The van der Waals surface area contributed by atoms with E-state index in [9.17, 15) is 8.78 Å². The summed E-state index contributed by atoms with van der Waals surface area (Å²) in [4.78, 5) is 15.3. The van der Waals surface area contributed by atoms with E-state index in [4.69, 9.17) is 21.2 Å². The first kappa shape index (κ1) is 23.9. The van der Waals surface area contributed by atoms with E-state index in [-0.39, 0.29) is 43.1 Å². The van der Waals surface area contributed by atoms with Crippen molar-refractivity contribution >= 4 is 17.4 Å². The number of hydrogen-bond donors (Lipinski definition) is 1. The molecule has 0 atom stereocenters. The molecule has 0 amide bonds. The third-order valence-corrected chi connectivity index (χ3v) is 3.08. The van der Waals surface area contributed by atoms with Gasteiger partial charge < -0.3 is 9.84 Å². The number of benzene rings is 1. The van der Waals surface area contributed by atoms with Gasteiger partial charge in [-0.1, -0.05) is 5.56 Å². The summed E-state index contributed by atoms with van der Waals surface area (Å²) in [5, 5.41) is 8.40. The van der Waals surface area contributed by atoms with Crippen LogP contribution in [0.5, 0.6) is 0 Å². The number of ether oxygens (including phenoxy) is 1. The maximum absolute atomic E-state index is 13.9. The molecule has 5 nitrogen and oxygen atoms in total. The van der Waals surface area contributed by atoms with Gasteiger partial charge in [0.2, 0.25) is 0 Å². The van der Waals surface area contributed by atoms with Crippen LogP contribution < -0.4 is 0 Å². The van der Waals surface area contributed by atoms with E-state index in [1.54, 1.807) is 0 Å². The zero-order chi connectivity index (χ0) is 19.2. The van der Waals surface area contributed by atoms with Crippen molar-refractivity contribution in [1.82, 2.24) is 0 Å². The van der Waals surface area contributed by atoms with Gasteiger partial charge >= 0.3 is 5.78 Å². The van der Waals surface area contributed by atoms with Crippen molar-refractivity contribution in [3.63, 3.8) is 0 Å². The van der Waals surface area contributed by atoms with Crippen LogP contribution in [0, 0.1) is 24.3 Å². The van der Waals surface area contributed by atoms with Crippen molar-refractivity contribution in [2.45, 2.75) is 39.7 Å². The second-order valence-corrected chi connectivity index (χ2v) is 6.01. The average Bonchev–Trinajstić information content (AvgIpc) is 2.45. The number of aliphatic hydroxyl groups excluding tert-OH is 1. The Morgan fingerprint density at radius 2 is 2.08 bits per heavy atom. The van der Waals surface area contributed by atoms with Crippen molar-refractivity contribution in [3.05, 3.63) is 52.6 Å². The Kier molecular flexibility index (Phi) is 9.33. The number of allylic oxidation sites excluding steroid dienone is 2. The van der Waals surface area contributed by atoms with E-state index < -0.39 is 22.9 Å². The molecule has 0 fully saturated rings. The minimum Gasteiger partial charge on any atom is -0.514 e. The Hall–Kier alpha value is -2.10. The van der Waals surface area contributed by atoms with Crippen LogP contribution in [-0.4, -0.2) is 33.7 Å². The van der Waals surface area contributed by atoms with E-state index in [1.165, 1.54) is 19.9 Å². The van der Waals surface area contributed by atoms with Gasteiger partial charge in [-0.3, -0.25) is 23.4 Å². The van der Waals surface area contributed by atoms with E-state index in [0.29, 0.717) is 6.54 Å². The van der Waals surface area contributed by atoms with Crippen LogP contribution in [0.4, 0.5) is 14.5 Å². The van der Waals surface area contributed by atoms with Gasteiger partial charge in [0.15, 0.2) is 5.69 Å².